The average Bonchev–Trinajstić information content (AvgIpc) is 3.11. The lowest BCUT2D eigenvalue weighted by atomic mass is 10.1. The van der Waals surface area contributed by atoms with Crippen molar-refractivity contribution in [1.82, 2.24) is 10.2 Å². The number of hydrogen-bond acceptors (Lipinski definition) is 5. The molecule has 0 bridgehead atoms. The van der Waals surface area contributed by atoms with Crippen molar-refractivity contribution in [1.29, 1.82) is 0 Å². The van der Waals surface area contributed by atoms with Crippen molar-refractivity contribution in [3.63, 3.8) is 0 Å². The van der Waals surface area contributed by atoms with Crippen LogP contribution in [0.4, 0.5) is 0 Å². The Bertz CT molecular complexity index is 737. The van der Waals surface area contributed by atoms with Crippen LogP contribution in [0.1, 0.15) is 43.0 Å². The van der Waals surface area contributed by atoms with E-state index in [1.165, 1.54) is 25.7 Å². The van der Waals surface area contributed by atoms with E-state index in [0.29, 0.717) is 24.5 Å². The molecule has 0 aliphatic carbocycles. The van der Waals surface area contributed by atoms with E-state index in [2.05, 4.69) is 10.2 Å². The van der Waals surface area contributed by atoms with E-state index in [9.17, 15) is 4.79 Å². The number of methoxy groups -OCH3 is 2. The molecule has 6 nitrogen and oxygen atoms in total. The summed E-state index contributed by atoms with van der Waals surface area (Å²) >= 11 is 0. The van der Waals surface area contributed by atoms with E-state index in [0.717, 1.165) is 24.4 Å². The molecule has 2 aromatic rings. The standard InChI is InChI=1S/C22H30N2O4/c1-26-20-10-9-17(14-21(20)27-2)15-22(25)23-16-18(19-8-7-13-28-19)24-11-5-3-4-6-12-24/h7-10,13-14,18H,3-6,11-12,15-16H2,1-2H3,(H,23,25). The fourth-order valence-corrected chi connectivity index (χ4v) is 3.75. The molecular weight excluding hydrogens is 356 g/mol. The van der Waals surface area contributed by atoms with Crippen molar-refractivity contribution in [2.45, 2.75) is 38.1 Å². The van der Waals surface area contributed by atoms with Gasteiger partial charge in [-0.15, -0.1) is 0 Å². The molecule has 1 atom stereocenters. The summed E-state index contributed by atoms with van der Waals surface area (Å²) in [5, 5.41) is 3.09. The zero-order valence-electron chi connectivity index (χ0n) is 16.8. The van der Waals surface area contributed by atoms with Gasteiger partial charge in [0.15, 0.2) is 11.5 Å². The van der Waals surface area contributed by atoms with E-state index >= 15 is 0 Å². The minimum atomic E-state index is -0.0152. The van der Waals surface area contributed by atoms with Gasteiger partial charge in [-0.3, -0.25) is 9.69 Å². The van der Waals surface area contributed by atoms with Crippen LogP contribution in [0.15, 0.2) is 41.0 Å². The highest BCUT2D eigenvalue weighted by atomic mass is 16.5. The van der Waals surface area contributed by atoms with Crippen molar-refractivity contribution < 1.29 is 18.7 Å². The molecule has 0 radical (unpaired) electrons. The predicted octanol–water partition coefficient (Wildman–Crippen LogP) is 3.57. The Balaban J connectivity index is 1.62. The molecule has 1 amide bonds. The molecule has 152 valence electrons. The lowest BCUT2D eigenvalue weighted by Crippen LogP contribution is -2.39. The first-order valence-electron chi connectivity index (χ1n) is 9.96. The van der Waals surface area contributed by atoms with Crippen LogP contribution in [0.3, 0.4) is 0 Å². The van der Waals surface area contributed by atoms with Crippen molar-refractivity contribution in [3.8, 4) is 11.5 Å². The molecule has 28 heavy (non-hydrogen) atoms. The molecule has 1 aromatic heterocycles. The smallest absolute Gasteiger partial charge is 0.224 e. The lowest BCUT2D eigenvalue weighted by molar-refractivity contribution is -0.120. The normalized spacial score (nSPS) is 16.2. The van der Waals surface area contributed by atoms with Crippen LogP contribution >= 0.6 is 0 Å². The number of likely N-dealkylation sites (tertiary alicyclic amines) is 1. The second-order valence-electron chi connectivity index (χ2n) is 7.15. The summed E-state index contributed by atoms with van der Waals surface area (Å²) in [6.07, 6.45) is 6.92. The number of furan rings is 1. The largest absolute Gasteiger partial charge is 0.493 e. The number of carbonyl (C=O) groups is 1. The van der Waals surface area contributed by atoms with Gasteiger partial charge >= 0.3 is 0 Å². The van der Waals surface area contributed by atoms with Crippen LogP contribution in [0.25, 0.3) is 0 Å². The van der Waals surface area contributed by atoms with Crippen LogP contribution in [-0.4, -0.2) is 44.7 Å². The highest BCUT2D eigenvalue weighted by Gasteiger charge is 2.24. The Morgan fingerprint density at radius 2 is 1.86 bits per heavy atom. The summed E-state index contributed by atoms with van der Waals surface area (Å²) in [5.74, 6) is 2.18. The molecule has 1 aromatic carbocycles. The molecule has 1 saturated heterocycles. The van der Waals surface area contributed by atoms with Gasteiger partial charge in [-0.2, -0.15) is 0 Å². The second-order valence-corrected chi connectivity index (χ2v) is 7.15. The predicted molar refractivity (Wildman–Crippen MR) is 108 cm³/mol. The highest BCUT2D eigenvalue weighted by Crippen LogP contribution is 2.28. The number of ether oxygens (including phenoxy) is 2. The molecule has 0 saturated carbocycles. The second kappa shape index (κ2) is 10.2. The first kappa shape index (κ1) is 20.3. The third kappa shape index (κ3) is 5.29. The van der Waals surface area contributed by atoms with Gasteiger partial charge in [-0.1, -0.05) is 18.9 Å². The Morgan fingerprint density at radius 3 is 2.50 bits per heavy atom. The van der Waals surface area contributed by atoms with Crippen LogP contribution in [0.5, 0.6) is 11.5 Å². The van der Waals surface area contributed by atoms with Crippen LogP contribution in [-0.2, 0) is 11.2 Å². The molecular formula is C22H30N2O4. The van der Waals surface area contributed by atoms with Crippen molar-refractivity contribution >= 4 is 5.91 Å². The van der Waals surface area contributed by atoms with E-state index in [4.69, 9.17) is 13.9 Å². The van der Waals surface area contributed by atoms with Gasteiger partial charge in [0.05, 0.1) is 32.9 Å². The Labute approximate surface area is 166 Å². The molecule has 1 aliphatic rings. The quantitative estimate of drug-likeness (QED) is 0.751. The minimum Gasteiger partial charge on any atom is -0.493 e. The Morgan fingerprint density at radius 1 is 1.11 bits per heavy atom. The zero-order chi connectivity index (χ0) is 19.8. The summed E-state index contributed by atoms with van der Waals surface area (Å²) in [6, 6.07) is 9.53. The monoisotopic (exact) mass is 386 g/mol. The van der Waals surface area contributed by atoms with Gasteiger partial charge in [0.1, 0.15) is 5.76 Å². The summed E-state index contributed by atoms with van der Waals surface area (Å²) in [6.45, 7) is 2.62. The fraction of sp³-hybridized carbons (Fsp3) is 0.500. The maximum Gasteiger partial charge on any atom is 0.224 e. The molecule has 3 rings (SSSR count). The van der Waals surface area contributed by atoms with Gasteiger partial charge in [0.25, 0.3) is 0 Å². The number of nitrogens with zero attached hydrogens (tertiary/aromatic N) is 1. The van der Waals surface area contributed by atoms with Gasteiger partial charge in [-0.05, 0) is 55.8 Å². The van der Waals surface area contributed by atoms with Crippen molar-refractivity contribution in [2.75, 3.05) is 33.9 Å². The van der Waals surface area contributed by atoms with Gasteiger partial charge in [0.2, 0.25) is 5.91 Å². The third-order valence-corrected chi connectivity index (χ3v) is 5.26. The number of nitrogens with one attached hydrogen (secondary N) is 1. The topological polar surface area (TPSA) is 63.9 Å². The van der Waals surface area contributed by atoms with Crippen LogP contribution in [0, 0.1) is 0 Å². The SMILES string of the molecule is COc1ccc(CC(=O)NCC(c2ccco2)N2CCCCCC2)cc1OC. The van der Waals surface area contributed by atoms with Gasteiger partial charge in [0, 0.05) is 6.54 Å². The van der Waals surface area contributed by atoms with Crippen LogP contribution in [0.2, 0.25) is 0 Å². The fourth-order valence-electron chi connectivity index (χ4n) is 3.75. The maximum absolute atomic E-state index is 12.6. The van der Waals surface area contributed by atoms with E-state index < -0.39 is 0 Å². The number of rotatable bonds is 8. The van der Waals surface area contributed by atoms with Gasteiger partial charge < -0.3 is 19.2 Å². The number of hydrogen-bond donors (Lipinski definition) is 1. The van der Waals surface area contributed by atoms with Crippen molar-refractivity contribution in [2.24, 2.45) is 0 Å². The van der Waals surface area contributed by atoms with E-state index in [-0.39, 0.29) is 11.9 Å². The van der Waals surface area contributed by atoms with Crippen molar-refractivity contribution in [3.05, 3.63) is 47.9 Å². The Kier molecular flexibility index (Phi) is 7.37. The number of carbonyl (C=O) groups excluding carboxylic acids is 1. The van der Waals surface area contributed by atoms with E-state index in [1.807, 2.05) is 30.3 Å². The molecule has 2 heterocycles. The molecule has 1 N–H and O–H groups in total. The maximum atomic E-state index is 12.6. The molecule has 0 spiro atoms. The zero-order valence-corrected chi connectivity index (χ0v) is 16.8. The number of benzene rings is 1. The number of amides is 1. The minimum absolute atomic E-state index is 0.0152. The van der Waals surface area contributed by atoms with Crippen LogP contribution < -0.4 is 14.8 Å². The summed E-state index contributed by atoms with van der Waals surface area (Å²) in [7, 11) is 3.19. The Hall–Kier alpha value is -2.47. The average molecular weight is 386 g/mol. The summed E-state index contributed by atoms with van der Waals surface area (Å²) in [4.78, 5) is 15.0. The molecule has 1 fully saturated rings. The molecule has 6 heteroatoms. The summed E-state index contributed by atoms with van der Waals surface area (Å²) < 4.78 is 16.2. The lowest BCUT2D eigenvalue weighted by Gasteiger charge is -2.29. The summed E-state index contributed by atoms with van der Waals surface area (Å²) in [5.41, 5.74) is 0.888. The molecule has 1 aliphatic heterocycles. The highest BCUT2D eigenvalue weighted by molar-refractivity contribution is 5.78. The first-order valence-corrected chi connectivity index (χ1v) is 9.96. The third-order valence-electron chi connectivity index (χ3n) is 5.26. The van der Waals surface area contributed by atoms with E-state index in [1.54, 1.807) is 20.5 Å². The molecule has 1 unspecified atom stereocenters. The first-order chi connectivity index (χ1) is 13.7. The van der Waals surface area contributed by atoms with Gasteiger partial charge in [-0.25, -0.2) is 0 Å².